The fourth-order valence-corrected chi connectivity index (χ4v) is 2.90. The molecule has 1 atom stereocenters. The van der Waals surface area contributed by atoms with Crippen LogP contribution in [0.25, 0.3) is 0 Å². The summed E-state index contributed by atoms with van der Waals surface area (Å²) in [4.78, 5) is 0. The van der Waals surface area contributed by atoms with Gasteiger partial charge in [0, 0.05) is 5.92 Å². The van der Waals surface area contributed by atoms with E-state index in [1.807, 2.05) is 42.5 Å². The highest BCUT2D eigenvalue weighted by molar-refractivity contribution is 5.37. The summed E-state index contributed by atoms with van der Waals surface area (Å²) in [6.45, 7) is 2.76. The van der Waals surface area contributed by atoms with Crippen molar-refractivity contribution in [3.05, 3.63) is 95.6 Å². The average Bonchev–Trinajstić information content (AvgIpc) is 2.62. The lowest BCUT2D eigenvalue weighted by atomic mass is 9.90. The van der Waals surface area contributed by atoms with Gasteiger partial charge in [0.2, 0.25) is 0 Å². The molecule has 3 rings (SSSR count). The molecule has 0 aliphatic heterocycles. The van der Waals surface area contributed by atoms with Crippen LogP contribution in [-0.2, 0) is 6.42 Å². The van der Waals surface area contributed by atoms with E-state index in [1.165, 1.54) is 16.7 Å². The zero-order chi connectivity index (χ0) is 16.8. The topological polar surface area (TPSA) is 35.2 Å². The largest absolute Gasteiger partial charge is 0.457 e. The molecule has 0 aliphatic carbocycles. The summed E-state index contributed by atoms with van der Waals surface area (Å²) < 4.78 is 5.95. The van der Waals surface area contributed by atoms with E-state index < -0.39 is 0 Å². The molecule has 24 heavy (non-hydrogen) atoms. The highest BCUT2D eigenvalue weighted by Gasteiger charge is 2.13. The Kier molecular flexibility index (Phi) is 5.29. The Hall–Kier alpha value is -2.58. The first-order chi connectivity index (χ1) is 11.8. The van der Waals surface area contributed by atoms with Crippen LogP contribution in [0, 0.1) is 6.92 Å². The van der Waals surface area contributed by atoms with Crippen molar-refractivity contribution >= 4 is 0 Å². The lowest BCUT2D eigenvalue weighted by Gasteiger charge is -2.18. The summed E-state index contributed by atoms with van der Waals surface area (Å²) in [5.74, 6) is 1.98. The molecule has 2 heteroatoms. The third-order valence-corrected chi connectivity index (χ3v) is 4.32. The second-order valence-electron chi connectivity index (χ2n) is 6.05. The van der Waals surface area contributed by atoms with Crippen molar-refractivity contribution in [3.8, 4) is 11.5 Å². The predicted molar refractivity (Wildman–Crippen MR) is 99.6 cm³/mol. The van der Waals surface area contributed by atoms with Gasteiger partial charge in [-0.25, -0.2) is 0 Å². The summed E-state index contributed by atoms with van der Waals surface area (Å²) in [6.07, 6.45) is 0.942. The third-order valence-electron chi connectivity index (χ3n) is 4.32. The van der Waals surface area contributed by atoms with Gasteiger partial charge in [0.25, 0.3) is 0 Å². The number of hydrogen-bond donors (Lipinski definition) is 1. The summed E-state index contributed by atoms with van der Waals surface area (Å²) >= 11 is 0. The van der Waals surface area contributed by atoms with Crippen LogP contribution in [-0.4, -0.2) is 6.54 Å². The molecular weight excluding hydrogens is 294 g/mol. The SMILES string of the molecule is Cc1ccccc1CC(CN)c1cccc(Oc2ccccc2)c1. The first kappa shape index (κ1) is 16.3. The molecule has 0 saturated carbocycles. The van der Waals surface area contributed by atoms with Gasteiger partial charge in [0.15, 0.2) is 0 Å². The maximum absolute atomic E-state index is 6.06. The number of aryl methyl sites for hydroxylation is 1. The Morgan fingerprint density at radius 2 is 1.54 bits per heavy atom. The molecule has 0 heterocycles. The zero-order valence-electron chi connectivity index (χ0n) is 14.0. The van der Waals surface area contributed by atoms with Crippen molar-refractivity contribution in [1.29, 1.82) is 0 Å². The van der Waals surface area contributed by atoms with Crippen molar-refractivity contribution in [2.45, 2.75) is 19.3 Å². The van der Waals surface area contributed by atoms with Crippen LogP contribution >= 0.6 is 0 Å². The normalized spacial score (nSPS) is 11.9. The molecule has 0 spiro atoms. The predicted octanol–water partition coefficient (Wildman–Crippen LogP) is 5.07. The van der Waals surface area contributed by atoms with E-state index in [9.17, 15) is 0 Å². The first-order valence-corrected chi connectivity index (χ1v) is 8.33. The molecule has 0 amide bonds. The smallest absolute Gasteiger partial charge is 0.127 e. The summed E-state index contributed by atoms with van der Waals surface area (Å²) in [7, 11) is 0. The number of para-hydroxylation sites is 1. The summed E-state index contributed by atoms with van der Waals surface area (Å²) in [6, 6.07) is 26.6. The molecule has 0 bridgehead atoms. The van der Waals surface area contributed by atoms with E-state index in [0.717, 1.165) is 17.9 Å². The van der Waals surface area contributed by atoms with Gasteiger partial charge in [-0.3, -0.25) is 0 Å². The highest BCUT2D eigenvalue weighted by atomic mass is 16.5. The number of rotatable bonds is 6. The number of hydrogen-bond acceptors (Lipinski definition) is 2. The van der Waals surface area contributed by atoms with Gasteiger partial charge in [-0.1, -0.05) is 54.6 Å². The van der Waals surface area contributed by atoms with Gasteiger partial charge in [-0.2, -0.15) is 0 Å². The molecular formula is C22H23NO. The molecule has 0 aromatic heterocycles. The molecule has 2 nitrogen and oxygen atoms in total. The molecule has 0 fully saturated rings. The van der Waals surface area contributed by atoms with E-state index >= 15 is 0 Å². The van der Waals surface area contributed by atoms with Crippen LogP contribution in [0.4, 0.5) is 0 Å². The van der Waals surface area contributed by atoms with Crippen molar-refractivity contribution in [1.82, 2.24) is 0 Å². The van der Waals surface area contributed by atoms with Crippen molar-refractivity contribution < 1.29 is 4.74 Å². The van der Waals surface area contributed by atoms with Crippen LogP contribution in [0.5, 0.6) is 11.5 Å². The molecule has 3 aromatic carbocycles. The van der Waals surface area contributed by atoms with E-state index in [-0.39, 0.29) is 5.92 Å². The van der Waals surface area contributed by atoms with E-state index in [1.54, 1.807) is 0 Å². The minimum Gasteiger partial charge on any atom is -0.457 e. The maximum atomic E-state index is 6.06. The molecule has 122 valence electrons. The average molecular weight is 317 g/mol. The number of nitrogens with two attached hydrogens (primary N) is 1. The van der Waals surface area contributed by atoms with Gasteiger partial charge in [0.05, 0.1) is 0 Å². The minimum atomic E-state index is 0.283. The maximum Gasteiger partial charge on any atom is 0.127 e. The van der Waals surface area contributed by atoms with Crippen molar-refractivity contribution in [3.63, 3.8) is 0 Å². The van der Waals surface area contributed by atoms with Gasteiger partial charge in [-0.05, 0) is 60.8 Å². The zero-order valence-corrected chi connectivity index (χ0v) is 14.0. The molecule has 0 saturated heterocycles. The fraction of sp³-hybridized carbons (Fsp3) is 0.182. The standard InChI is InChI=1S/C22H23NO/c1-17-8-5-6-9-18(17)14-20(16-23)19-10-7-13-22(15-19)24-21-11-3-2-4-12-21/h2-13,15,20H,14,16,23H2,1H3. The number of benzene rings is 3. The van der Waals surface area contributed by atoms with Crippen LogP contribution in [0.3, 0.4) is 0 Å². The Balaban J connectivity index is 1.79. The number of ether oxygens (including phenoxy) is 1. The quantitative estimate of drug-likeness (QED) is 0.688. The molecule has 0 aliphatic rings. The van der Waals surface area contributed by atoms with Gasteiger partial charge in [-0.15, -0.1) is 0 Å². The summed E-state index contributed by atoms with van der Waals surface area (Å²) in [5, 5.41) is 0. The van der Waals surface area contributed by atoms with Crippen molar-refractivity contribution in [2.24, 2.45) is 5.73 Å². The minimum absolute atomic E-state index is 0.283. The Morgan fingerprint density at radius 3 is 2.29 bits per heavy atom. The fourth-order valence-electron chi connectivity index (χ4n) is 2.90. The second kappa shape index (κ2) is 7.80. The van der Waals surface area contributed by atoms with Crippen LogP contribution in [0.1, 0.15) is 22.6 Å². The lowest BCUT2D eigenvalue weighted by Crippen LogP contribution is -2.15. The Labute approximate surface area is 143 Å². The summed E-state index contributed by atoms with van der Waals surface area (Å²) in [5.41, 5.74) is 9.94. The van der Waals surface area contributed by atoms with E-state index in [4.69, 9.17) is 10.5 Å². The van der Waals surface area contributed by atoms with Crippen LogP contribution in [0.15, 0.2) is 78.9 Å². The highest BCUT2D eigenvalue weighted by Crippen LogP contribution is 2.27. The van der Waals surface area contributed by atoms with E-state index in [2.05, 4.69) is 43.3 Å². The molecule has 2 N–H and O–H groups in total. The Bertz CT molecular complexity index is 783. The van der Waals surface area contributed by atoms with Crippen LogP contribution < -0.4 is 10.5 Å². The van der Waals surface area contributed by atoms with Crippen LogP contribution in [0.2, 0.25) is 0 Å². The van der Waals surface area contributed by atoms with Gasteiger partial charge in [0.1, 0.15) is 11.5 Å². The third kappa shape index (κ3) is 4.03. The lowest BCUT2D eigenvalue weighted by molar-refractivity contribution is 0.481. The monoisotopic (exact) mass is 317 g/mol. The molecule has 0 radical (unpaired) electrons. The van der Waals surface area contributed by atoms with E-state index in [0.29, 0.717) is 6.54 Å². The van der Waals surface area contributed by atoms with Gasteiger partial charge >= 0.3 is 0 Å². The van der Waals surface area contributed by atoms with Gasteiger partial charge < -0.3 is 10.5 Å². The Morgan fingerprint density at radius 1 is 0.833 bits per heavy atom. The first-order valence-electron chi connectivity index (χ1n) is 8.33. The second-order valence-corrected chi connectivity index (χ2v) is 6.05. The van der Waals surface area contributed by atoms with Crippen molar-refractivity contribution in [2.75, 3.05) is 6.54 Å². The molecule has 1 unspecified atom stereocenters. The molecule has 3 aromatic rings.